The average molecular weight is 465 g/mol. The van der Waals surface area contributed by atoms with Crippen LogP contribution in [0, 0.1) is 13.8 Å². The Morgan fingerprint density at radius 1 is 1.30 bits per heavy atom. The molecule has 7 nitrogen and oxygen atoms in total. The Morgan fingerprint density at radius 3 is 2.73 bits per heavy atom. The van der Waals surface area contributed by atoms with E-state index in [1.807, 2.05) is 43.5 Å². The zero-order valence-corrected chi connectivity index (χ0v) is 19.4. The van der Waals surface area contributed by atoms with Crippen molar-refractivity contribution in [2.75, 3.05) is 18.2 Å². The topological polar surface area (TPSA) is 86.1 Å². The Balaban J connectivity index is 1.73. The van der Waals surface area contributed by atoms with Crippen molar-refractivity contribution >= 4 is 51.6 Å². The molecular formula is C20H21ClN4O3S2. The molecule has 0 saturated heterocycles. The van der Waals surface area contributed by atoms with Crippen LogP contribution >= 0.6 is 34.7 Å². The van der Waals surface area contributed by atoms with Crippen molar-refractivity contribution in [2.24, 2.45) is 0 Å². The van der Waals surface area contributed by atoms with Crippen molar-refractivity contribution in [1.82, 2.24) is 14.8 Å². The average Bonchev–Trinajstić information content (AvgIpc) is 3.26. The van der Waals surface area contributed by atoms with E-state index in [1.54, 1.807) is 6.07 Å². The lowest BCUT2D eigenvalue weighted by Crippen LogP contribution is -2.16. The normalized spacial score (nSPS) is 10.8. The molecule has 2 heterocycles. The Kier molecular flexibility index (Phi) is 7.17. The Hall–Kier alpha value is -2.36. The summed E-state index contributed by atoms with van der Waals surface area (Å²) in [6, 6.07) is 7.40. The van der Waals surface area contributed by atoms with Crippen LogP contribution in [0.3, 0.4) is 0 Å². The van der Waals surface area contributed by atoms with E-state index in [-0.39, 0.29) is 11.7 Å². The van der Waals surface area contributed by atoms with Crippen LogP contribution in [0.4, 0.5) is 5.00 Å². The van der Waals surface area contributed by atoms with Crippen LogP contribution in [0.2, 0.25) is 5.02 Å². The van der Waals surface area contributed by atoms with E-state index in [0.717, 1.165) is 16.0 Å². The maximum atomic E-state index is 12.5. The van der Waals surface area contributed by atoms with Gasteiger partial charge in [-0.15, -0.1) is 21.5 Å². The lowest BCUT2D eigenvalue weighted by atomic mass is 10.1. The summed E-state index contributed by atoms with van der Waals surface area (Å²) in [6.45, 7) is 6.37. The number of methoxy groups -OCH3 is 1. The van der Waals surface area contributed by atoms with Gasteiger partial charge in [0.25, 0.3) is 0 Å². The second-order valence-electron chi connectivity index (χ2n) is 6.38. The van der Waals surface area contributed by atoms with Crippen LogP contribution in [0.1, 0.15) is 27.7 Å². The molecule has 0 aliphatic rings. The number of rotatable bonds is 7. The van der Waals surface area contributed by atoms with Gasteiger partial charge in [0.15, 0.2) is 11.0 Å². The number of hydrogen-bond acceptors (Lipinski definition) is 7. The molecule has 10 heteroatoms. The molecule has 0 aliphatic carbocycles. The van der Waals surface area contributed by atoms with Crippen molar-refractivity contribution in [2.45, 2.75) is 32.5 Å². The number of nitrogens with zero attached hydrogens (tertiary/aromatic N) is 3. The summed E-state index contributed by atoms with van der Waals surface area (Å²) in [7, 11) is 1.32. The molecule has 0 unspecified atom stereocenters. The summed E-state index contributed by atoms with van der Waals surface area (Å²) in [5, 5.41) is 13.1. The highest BCUT2D eigenvalue weighted by atomic mass is 35.5. The van der Waals surface area contributed by atoms with E-state index in [9.17, 15) is 9.59 Å². The van der Waals surface area contributed by atoms with E-state index >= 15 is 0 Å². The maximum Gasteiger partial charge on any atom is 0.341 e. The summed E-state index contributed by atoms with van der Waals surface area (Å²) in [5.74, 6) is 0.128. The van der Waals surface area contributed by atoms with Crippen LogP contribution in [-0.2, 0) is 16.1 Å². The lowest BCUT2D eigenvalue weighted by molar-refractivity contribution is -0.113. The minimum atomic E-state index is -0.461. The number of esters is 1. The summed E-state index contributed by atoms with van der Waals surface area (Å²) in [6.07, 6.45) is 0. The number of benzene rings is 1. The molecule has 3 aromatic rings. The van der Waals surface area contributed by atoms with Crippen molar-refractivity contribution in [1.29, 1.82) is 0 Å². The second-order valence-corrected chi connectivity index (χ2v) is 8.98. The van der Waals surface area contributed by atoms with Crippen LogP contribution in [-0.4, -0.2) is 39.5 Å². The van der Waals surface area contributed by atoms with E-state index in [4.69, 9.17) is 16.3 Å². The highest BCUT2D eigenvalue weighted by Crippen LogP contribution is 2.33. The number of amides is 1. The number of aryl methyl sites for hydroxylation is 1. The minimum Gasteiger partial charge on any atom is -0.465 e. The highest BCUT2D eigenvalue weighted by Gasteiger charge is 2.22. The van der Waals surface area contributed by atoms with Gasteiger partial charge in [-0.2, -0.15) is 0 Å². The number of nitrogens with one attached hydrogen (secondary N) is 1. The number of carbonyl (C=O) groups is 2. The molecule has 2 aromatic heterocycles. The monoisotopic (exact) mass is 464 g/mol. The first-order valence-corrected chi connectivity index (χ1v) is 11.3. The Labute approximate surface area is 187 Å². The van der Waals surface area contributed by atoms with Gasteiger partial charge in [-0.1, -0.05) is 35.5 Å². The SMILES string of the molecule is CCn1c(SCC(=O)Nc2sc(C)c(C)c2C(=O)OC)nnc1-c1cccc(Cl)c1. The van der Waals surface area contributed by atoms with Crippen molar-refractivity contribution < 1.29 is 14.3 Å². The van der Waals surface area contributed by atoms with E-state index in [0.29, 0.717) is 33.1 Å². The smallest absolute Gasteiger partial charge is 0.341 e. The van der Waals surface area contributed by atoms with Crippen LogP contribution < -0.4 is 5.32 Å². The molecule has 3 rings (SSSR count). The van der Waals surface area contributed by atoms with Crippen molar-refractivity contribution in [3.05, 3.63) is 45.3 Å². The molecule has 0 radical (unpaired) electrons. The molecular weight excluding hydrogens is 444 g/mol. The lowest BCUT2D eigenvalue weighted by Gasteiger charge is -2.08. The fraction of sp³-hybridized carbons (Fsp3) is 0.300. The van der Waals surface area contributed by atoms with Gasteiger partial charge < -0.3 is 14.6 Å². The van der Waals surface area contributed by atoms with Gasteiger partial charge in [-0.25, -0.2) is 4.79 Å². The zero-order valence-electron chi connectivity index (χ0n) is 17.0. The third-order valence-electron chi connectivity index (χ3n) is 4.48. The van der Waals surface area contributed by atoms with Gasteiger partial charge in [0.1, 0.15) is 5.00 Å². The number of thioether (sulfide) groups is 1. The van der Waals surface area contributed by atoms with Crippen LogP contribution in [0.15, 0.2) is 29.4 Å². The number of carbonyl (C=O) groups excluding carboxylic acids is 2. The third-order valence-corrected chi connectivity index (χ3v) is 6.80. The molecule has 0 aliphatic heterocycles. The van der Waals surface area contributed by atoms with Gasteiger partial charge in [-0.05, 0) is 38.5 Å². The predicted octanol–water partition coefficient (Wildman–Crippen LogP) is 4.81. The molecule has 0 saturated carbocycles. The van der Waals surface area contributed by atoms with Gasteiger partial charge >= 0.3 is 5.97 Å². The fourth-order valence-corrected chi connectivity index (χ4v) is 4.93. The Bertz CT molecular complexity index is 1090. The van der Waals surface area contributed by atoms with E-state index < -0.39 is 5.97 Å². The van der Waals surface area contributed by atoms with E-state index in [1.165, 1.54) is 30.2 Å². The molecule has 1 aromatic carbocycles. The molecule has 30 heavy (non-hydrogen) atoms. The van der Waals surface area contributed by atoms with Gasteiger partial charge in [0.2, 0.25) is 5.91 Å². The fourth-order valence-electron chi connectivity index (χ4n) is 2.88. The summed E-state index contributed by atoms with van der Waals surface area (Å²) >= 11 is 8.73. The molecule has 0 bridgehead atoms. The number of thiophene rings is 1. The highest BCUT2D eigenvalue weighted by molar-refractivity contribution is 7.99. The number of anilines is 1. The maximum absolute atomic E-state index is 12.5. The number of halogens is 1. The van der Waals surface area contributed by atoms with Crippen molar-refractivity contribution in [3.8, 4) is 11.4 Å². The number of ether oxygens (including phenoxy) is 1. The van der Waals surface area contributed by atoms with Crippen LogP contribution in [0.5, 0.6) is 0 Å². The first-order chi connectivity index (χ1) is 14.3. The largest absolute Gasteiger partial charge is 0.465 e. The molecule has 0 atom stereocenters. The third kappa shape index (κ3) is 4.69. The van der Waals surface area contributed by atoms with E-state index in [2.05, 4.69) is 15.5 Å². The minimum absolute atomic E-state index is 0.129. The Morgan fingerprint density at radius 2 is 2.07 bits per heavy atom. The second kappa shape index (κ2) is 9.63. The molecule has 158 valence electrons. The van der Waals surface area contributed by atoms with Gasteiger partial charge in [0, 0.05) is 22.0 Å². The molecule has 1 N–H and O–H groups in total. The summed E-state index contributed by atoms with van der Waals surface area (Å²) in [4.78, 5) is 25.6. The number of hydrogen-bond donors (Lipinski definition) is 1. The molecule has 0 spiro atoms. The zero-order chi connectivity index (χ0) is 21.8. The van der Waals surface area contributed by atoms with Crippen molar-refractivity contribution in [3.63, 3.8) is 0 Å². The van der Waals surface area contributed by atoms with Gasteiger partial charge in [0.05, 0.1) is 18.4 Å². The molecule has 0 fully saturated rings. The standard InChI is InChI=1S/C20H21ClN4O3S2/c1-5-25-17(13-7-6-8-14(21)9-13)23-24-20(25)29-10-15(26)22-18-16(19(27)28-4)11(2)12(3)30-18/h6-9H,5,10H2,1-4H3,(H,22,26). The predicted molar refractivity (Wildman–Crippen MR) is 121 cm³/mol. The summed E-state index contributed by atoms with van der Waals surface area (Å²) in [5.41, 5.74) is 2.07. The summed E-state index contributed by atoms with van der Waals surface area (Å²) < 4.78 is 6.78. The molecule has 1 amide bonds. The first-order valence-electron chi connectivity index (χ1n) is 9.15. The van der Waals surface area contributed by atoms with Crippen LogP contribution in [0.25, 0.3) is 11.4 Å². The number of aromatic nitrogens is 3. The quantitative estimate of drug-likeness (QED) is 0.398. The van der Waals surface area contributed by atoms with Gasteiger partial charge in [-0.3, -0.25) is 4.79 Å². The first kappa shape index (κ1) is 22.3.